The van der Waals surface area contributed by atoms with Crippen LogP contribution < -0.4 is 30.0 Å². The molecule has 6 aromatic rings. The summed E-state index contributed by atoms with van der Waals surface area (Å²) in [7, 11) is -4.73. The zero-order chi connectivity index (χ0) is 40.9. The van der Waals surface area contributed by atoms with E-state index in [9.17, 15) is 28.1 Å². The number of benzene rings is 6. The summed E-state index contributed by atoms with van der Waals surface area (Å²) < 4.78 is 51.7. The second-order valence-corrected chi connectivity index (χ2v) is 19.0. The van der Waals surface area contributed by atoms with Crippen LogP contribution in [-0.4, -0.2) is 43.7 Å². The number of carboxylic acid groups (broad SMARTS) is 1. The van der Waals surface area contributed by atoms with E-state index in [1.54, 1.807) is 18.2 Å². The number of carbonyl (C=O) groups is 1. The van der Waals surface area contributed by atoms with Gasteiger partial charge in [0.1, 0.15) is 21.6 Å². The maximum atomic E-state index is 12.4. The highest BCUT2D eigenvalue weighted by atomic mass is 32.2. The molecule has 1 N–H and O–H groups in total. The minimum absolute atomic E-state index is 0.224. The minimum Gasteiger partial charge on any atom is -0.744 e. The standard InChI is InChI=1S/C45H42N2O9S2/c1-6-7-16-46-23-44(2,3)37-39(46)34-20-30(58(51,52)53)14-15-31(34)35-21-36-32-18-27-12-13-29(57-56-55-50)17-28(27)19-33(32)40-38(42(36)54-41(35)37)45(4,5)24-47(40)22-25-8-10-26(11-9-25)43(48)49/h8-15,17-21H,6-7,16,22-24H2,1-5H3,(H2-,48,49,50,51,52,53)/p-1. The Hall–Kier alpha value is -5.02. The third-order valence-corrected chi connectivity index (χ3v) is 13.3. The molecule has 0 bridgehead atoms. The van der Waals surface area contributed by atoms with Gasteiger partial charge in [0.05, 0.1) is 44.6 Å². The van der Waals surface area contributed by atoms with E-state index in [1.807, 2.05) is 30.3 Å². The van der Waals surface area contributed by atoms with Crippen molar-refractivity contribution in [2.24, 2.45) is 0 Å². The van der Waals surface area contributed by atoms with E-state index in [0.29, 0.717) is 29.9 Å². The second-order valence-electron chi connectivity index (χ2n) is 16.9. The molecule has 0 aromatic heterocycles. The lowest BCUT2D eigenvalue weighted by Crippen LogP contribution is -2.30. The van der Waals surface area contributed by atoms with Crippen molar-refractivity contribution < 1.29 is 42.2 Å². The molecule has 3 aliphatic rings. The van der Waals surface area contributed by atoms with Crippen molar-refractivity contribution in [3.63, 3.8) is 0 Å². The van der Waals surface area contributed by atoms with Crippen molar-refractivity contribution in [1.29, 1.82) is 0 Å². The smallest absolute Gasteiger partial charge is 0.335 e. The maximum absolute atomic E-state index is 12.4. The Kier molecular flexibility index (Phi) is 9.15. The van der Waals surface area contributed by atoms with Gasteiger partial charge >= 0.3 is 5.97 Å². The lowest BCUT2D eigenvalue weighted by atomic mass is 9.80. The first-order valence-corrected chi connectivity index (χ1v) is 21.4. The highest BCUT2D eigenvalue weighted by Crippen LogP contribution is 2.54. The molecule has 9 rings (SSSR count). The summed E-state index contributed by atoms with van der Waals surface area (Å²) in [6, 6.07) is 21.7. The summed E-state index contributed by atoms with van der Waals surface area (Å²) in [6.07, 6.45) is 4.10. The van der Waals surface area contributed by atoms with E-state index in [4.69, 9.17) is 4.74 Å². The number of nitrogens with zero attached hydrogens (tertiary/aromatic N) is 2. The van der Waals surface area contributed by atoms with E-state index in [2.05, 4.69) is 71.7 Å². The number of hydrogen-bond acceptors (Lipinski definition) is 10. The quantitative estimate of drug-likeness (QED) is 0.0388. The Bertz CT molecular complexity index is 3000. The first kappa shape index (κ1) is 38.5. The molecule has 0 saturated carbocycles. The molecular weight excluding hydrogens is 777 g/mol. The monoisotopic (exact) mass is 817 g/mol. The number of ether oxygens (including phenoxy) is 1. The van der Waals surface area contributed by atoms with Gasteiger partial charge in [0.15, 0.2) is 13.1 Å². The average Bonchev–Trinajstić information content (AvgIpc) is 3.62. The fraction of sp³-hybridized carbons (Fsp3) is 0.289. The van der Waals surface area contributed by atoms with Crippen molar-refractivity contribution in [3.05, 3.63) is 111 Å². The highest BCUT2D eigenvalue weighted by Gasteiger charge is 2.45. The van der Waals surface area contributed by atoms with Gasteiger partial charge in [0, 0.05) is 50.7 Å². The molecule has 298 valence electrons. The number of fused-ring (bicyclic) bond motifs is 13. The van der Waals surface area contributed by atoms with Crippen molar-refractivity contribution in [3.8, 4) is 11.5 Å². The van der Waals surface area contributed by atoms with E-state index < -0.39 is 21.5 Å². The van der Waals surface area contributed by atoms with Crippen LogP contribution in [0.15, 0.2) is 82.6 Å². The summed E-state index contributed by atoms with van der Waals surface area (Å²) in [6.45, 7) is 13.6. The van der Waals surface area contributed by atoms with Gasteiger partial charge in [-0.15, -0.1) is 0 Å². The van der Waals surface area contributed by atoms with Crippen LogP contribution in [0.3, 0.4) is 0 Å². The Morgan fingerprint density at radius 3 is 2.38 bits per heavy atom. The van der Waals surface area contributed by atoms with Gasteiger partial charge in [-0.05, 0) is 96.4 Å². The molecule has 0 saturated heterocycles. The molecule has 3 aliphatic heterocycles. The third-order valence-electron chi connectivity index (χ3n) is 11.9. The molecule has 11 nitrogen and oxygen atoms in total. The number of hydrogen-bond donors (Lipinski definition) is 1. The van der Waals surface area contributed by atoms with Crippen molar-refractivity contribution in [2.75, 3.05) is 24.5 Å². The first-order chi connectivity index (χ1) is 27.6. The van der Waals surface area contributed by atoms with Crippen LogP contribution in [0.25, 0.3) is 38.4 Å². The Labute approximate surface area is 339 Å². The Morgan fingerprint density at radius 1 is 0.914 bits per heavy atom. The zero-order valence-corrected chi connectivity index (χ0v) is 34.3. The normalized spacial score (nSPS) is 16.3. The third kappa shape index (κ3) is 6.23. The second kappa shape index (κ2) is 13.8. The lowest BCUT2D eigenvalue weighted by molar-refractivity contribution is -0.777. The van der Waals surface area contributed by atoms with Crippen LogP contribution in [0.5, 0.6) is 11.5 Å². The van der Waals surface area contributed by atoms with Crippen LogP contribution in [0.4, 0.5) is 5.69 Å². The van der Waals surface area contributed by atoms with Crippen molar-refractivity contribution >= 4 is 72.2 Å². The summed E-state index contributed by atoms with van der Waals surface area (Å²) in [5.74, 6) is 0.521. The van der Waals surface area contributed by atoms with Gasteiger partial charge in [-0.1, -0.05) is 51.5 Å². The van der Waals surface area contributed by atoms with Crippen LogP contribution in [-0.2, 0) is 36.9 Å². The molecule has 0 amide bonds. The molecule has 13 heteroatoms. The SMILES string of the molecule is CCCCN1CC(C)(C)c2c3c(c4ccc(S(=O)(=O)[O-])cc4c21)C=c1c(c2c(c4cc5cc(SOO[O-])ccc5cc14)=[N+](Cc1ccc(C(=O)O)cc1)CC2(C)C)O3. The molecule has 58 heavy (non-hydrogen) atoms. The number of carboxylic acids is 1. The molecule has 0 unspecified atom stereocenters. The zero-order valence-electron chi connectivity index (χ0n) is 32.7. The van der Waals surface area contributed by atoms with Gasteiger partial charge < -0.3 is 24.6 Å². The highest BCUT2D eigenvalue weighted by molar-refractivity contribution is 7.94. The first-order valence-electron chi connectivity index (χ1n) is 19.3. The van der Waals surface area contributed by atoms with Gasteiger partial charge in [-0.25, -0.2) is 17.8 Å². The number of aromatic carboxylic acids is 1. The molecule has 0 aliphatic carbocycles. The van der Waals surface area contributed by atoms with Crippen LogP contribution in [0, 0.1) is 0 Å². The average molecular weight is 818 g/mol. The number of anilines is 1. The number of unbranched alkanes of at least 4 members (excludes halogenated alkanes) is 1. The van der Waals surface area contributed by atoms with E-state index in [-0.39, 0.29) is 15.9 Å². The van der Waals surface area contributed by atoms with E-state index in [0.717, 1.165) is 108 Å². The van der Waals surface area contributed by atoms with Crippen LogP contribution in [0.1, 0.15) is 80.1 Å². The fourth-order valence-electron chi connectivity index (χ4n) is 9.48. The summed E-state index contributed by atoms with van der Waals surface area (Å²) in [5.41, 5.74) is 4.18. The molecule has 0 fully saturated rings. The summed E-state index contributed by atoms with van der Waals surface area (Å²) in [5, 5.41) is 31.1. The molecule has 6 aromatic carbocycles. The molecule has 0 radical (unpaired) electrons. The van der Waals surface area contributed by atoms with E-state index in [1.165, 1.54) is 12.1 Å². The van der Waals surface area contributed by atoms with Gasteiger partial charge in [0.25, 0.3) is 0 Å². The van der Waals surface area contributed by atoms with Crippen molar-refractivity contribution in [2.45, 2.75) is 74.6 Å². The molecule has 0 spiro atoms. The van der Waals surface area contributed by atoms with Crippen LogP contribution in [0.2, 0.25) is 0 Å². The molecular formula is C45H41N2O9S2-. The van der Waals surface area contributed by atoms with Crippen molar-refractivity contribution in [1.82, 2.24) is 4.58 Å². The topological polar surface area (TPSA) is 152 Å². The Morgan fingerprint density at radius 2 is 1.67 bits per heavy atom. The number of rotatable bonds is 10. The molecule has 3 heterocycles. The largest absolute Gasteiger partial charge is 0.744 e. The predicted octanol–water partition coefficient (Wildman–Crippen LogP) is 6.79. The van der Waals surface area contributed by atoms with Gasteiger partial charge in [-0.2, -0.15) is 4.33 Å². The van der Waals surface area contributed by atoms with E-state index >= 15 is 0 Å². The predicted molar refractivity (Wildman–Crippen MR) is 221 cm³/mol. The molecule has 0 atom stereocenters. The summed E-state index contributed by atoms with van der Waals surface area (Å²) >= 11 is 0.830. The van der Waals surface area contributed by atoms with Gasteiger partial charge in [0.2, 0.25) is 5.36 Å². The van der Waals surface area contributed by atoms with Gasteiger partial charge in [-0.3, -0.25) is 5.04 Å². The lowest BCUT2D eigenvalue weighted by Gasteiger charge is -2.28. The Balaban J connectivity index is 1.40. The van der Waals surface area contributed by atoms with Crippen LogP contribution >= 0.6 is 12.0 Å². The fourth-order valence-corrected chi connectivity index (χ4v) is 10.4. The minimum atomic E-state index is -4.73. The summed E-state index contributed by atoms with van der Waals surface area (Å²) in [4.78, 5) is 14.4. The maximum Gasteiger partial charge on any atom is 0.335 e.